The molecule has 0 aliphatic rings. The van der Waals surface area contributed by atoms with Crippen LogP contribution < -0.4 is 0 Å². The van der Waals surface area contributed by atoms with E-state index >= 15 is 0 Å². The van der Waals surface area contributed by atoms with Crippen molar-refractivity contribution in [3.8, 4) is 23.0 Å². The van der Waals surface area contributed by atoms with Crippen molar-refractivity contribution in [1.29, 1.82) is 0 Å². The molecular weight excluding hydrogens is 397 g/mol. The van der Waals surface area contributed by atoms with E-state index in [4.69, 9.17) is 0 Å². The Hall–Kier alpha value is -3.72. The fourth-order valence-corrected chi connectivity index (χ4v) is 3.18. The van der Waals surface area contributed by atoms with Gasteiger partial charge in [0.1, 0.15) is 11.6 Å². The van der Waals surface area contributed by atoms with Crippen LogP contribution in [-0.4, -0.2) is 4.98 Å². The van der Waals surface area contributed by atoms with Gasteiger partial charge in [0, 0.05) is 16.5 Å². The van der Waals surface area contributed by atoms with Crippen LogP contribution in [0.3, 0.4) is 0 Å². The van der Waals surface area contributed by atoms with Crippen LogP contribution in [0, 0.1) is 23.5 Å². The van der Waals surface area contributed by atoms with Gasteiger partial charge in [-0.2, -0.15) is 13.2 Å². The molecule has 0 radical (unpaired) electrons. The summed E-state index contributed by atoms with van der Waals surface area (Å²) in [5, 5.41) is 0.402. The molecule has 0 N–H and O–H groups in total. The summed E-state index contributed by atoms with van der Waals surface area (Å²) in [5.41, 5.74) is -0.888. The summed E-state index contributed by atoms with van der Waals surface area (Å²) in [5.74, 6) is 3.95. The number of aromatic nitrogens is 1. The highest BCUT2D eigenvalue weighted by atomic mass is 19.4. The van der Waals surface area contributed by atoms with Gasteiger partial charge in [0.05, 0.1) is 11.1 Å². The second kappa shape index (κ2) is 7.60. The van der Waals surface area contributed by atoms with Crippen molar-refractivity contribution < 1.29 is 22.0 Å². The van der Waals surface area contributed by atoms with Gasteiger partial charge in [-0.15, -0.1) is 0 Å². The Bertz CT molecular complexity index is 1310. The van der Waals surface area contributed by atoms with Crippen molar-refractivity contribution >= 4 is 10.9 Å². The lowest BCUT2D eigenvalue weighted by Crippen LogP contribution is -2.12. The number of benzene rings is 3. The van der Waals surface area contributed by atoms with Gasteiger partial charge in [0.2, 0.25) is 0 Å². The van der Waals surface area contributed by atoms with Gasteiger partial charge in [-0.1, -0.05) is 48.2 Å². The monoisotopic (exact) mass is 409 g/mol. The maximum Gasteiger partial charge on any atom is 0.434 e. The first kappa shape index (κ1) is 19.6. The number of pyridine rings is 1. The number of alkyl halides is 3. The molecule has 1 aromatic heterocycles. The second-order valence-corrected chi connectivity index (χ2v) is 6.50. The van der Waals surface area contributed by atoms with E-state index in [1.165, 1.54) is 42.5 Å². The molecule has 0 aliphatic heterocycles. The first-order valence-corrected chi connectivity index (χ1v) is 8.86. The molecule has 0 amide bonds. The molecule has 148 valence electrons. The fraction of sp³-hybridized carbons (Fsp3) is 0.0417. The third-order valence-electron chi connectivity index (χ3n) is 4.43. The molecule has 4 aromatic rings. The van der Waals surface area contributed by atoms with E-state index < -0.39 is 29.1 Å². The molecule has 0 bridgehead atoms. The van der Waals surface area contributed by atoms with Crippen LogP contribution in [0.2, 0.25) is 0 Å². The Morgan fingerprint density at radius 1 is 0.733 bits per heavy atom. The van der Waals surface area contributed by atoms with Gasteiger partial charge in [-0.25, -0.2) is 13.8 Å². The summed E-state index contributed by atoms with van der Waals surface area (Å²) in [6, 6.07) is 16.8. The minimum atomic E-state index is -4.79. The summed E-state index contributed by atoms with van der Waals surface area (Å²) < 4.78 is 69.0. The van der Waals surface area contributed by atoms with Crippen molar-refractivity contribution in [2.45, 2.75) is 6.18 Å². The van der Waals surface area contributed by atoms with E-state index in [9.17, 15) is 22.0 Å². The molecular formula is C24H12F5N. The van der Waals surface area contributed by atoms with E-state index in [1.807, 2.05) is 0 Å². The first-order valence-electron chi connectivity index (χ1n) is 8.86. The summed E-state index contributed by atoms with van der Waals surface area (Å²) in [6.45, 7) is 0. The molecule has 0 aliphatic carbocycles. The van der Waals surface area contributed by atoms with Crippen molar-refractivity contribution in [2.24, 2.45) is 0 Å². The molecule has 3 aromatic carbocycles. The average Bonchev–Trinajstić information content (AvgIpc) is 2.70. The lowest BCUT2D eigenvalue weighted by atomic mass is 9.93. The maximum absolute atomic E-state index is 13.9. The third-order valence-corrected chi connectivity index (χ3v) is 4.43. The van der Waals surface area contributed by atoms with Crippen LogP contribution >= 0.6 is 0 Å². The highest BCUT2D eigenvalue weighted by molar-refractivity contribution is 5.98. The third kappa shape index (κ3) is 3.87. The largest absolute Gasteiger partial charge is 0.434 e. The molecule has 0 saturated carbocycles. The SMILES string of the molecule is Fc1cccc(C#Cc2c(C(F)(F)F)nc3ccccc3c2-c2cccc(F)c2)c1. The molecule has 6 heteroatoms. The number of rotatable bonds is 1. The van der Waals surface area contributed by atoms with Crippen molar-refractivity contribution in [3.05, 3.63) is 101 Å². The number of para-hydroxylation sites is 1. The quantitative estimate of drug-likeness (QED) is 0.255. The van der Waals surface area contributed by atoms with E-state index in [0.717, 1.165) is 12.1 Å². The number of fused-ring (bicyclic) bond motifs is 1. The first-order chi connectivity index (χ1) is 14.3. The van der Waals surface area contributed by atoms with Crippen LogP contribution in [0.4, 0.5) is 22.0 Å². The Morgan fingerprint density at radius 3 is 2.13 bits per heavy atom. The highest BCUT2D eigenvalue weighted by Gasteiger charge is 2.37. The lowest BCUT2D eigenvalue weighted by Gasteiger charge is -2.16. The zero-order valence-electron chi connectivity index (χ0n) is 15.3. The summed E-state index contributed by atoms with van der Waals surface area (Å²) in [4.78, 5) is 3.79. The van der Waals surface area contributed by atoms with E-state index in [-0.39, 0.29) is 22.2 Å². The smallest absolute Gasteiger partial charge is 0.242 e. The van der Waals surface area contributed by atoms with Crippen molar-refractivity contribution in [3.63, 3.8) is 0 Å². The van der Waals surface area contributed by atoms with E-state index in [2.05, 4.69) is 16.8 Å². The zero-order chi connectivity index (χ0) is 21.3. The molecule has 1 nitrogen and oxygen atoms in total. The van der Waals surface area contributed by atoms with E-state index in [0.29, 0.717) is 5.39 Å². The lowest BCUT2D eigenvalue weighted by molar-refractivity contribution is -0.141. The van der Waals surface area contributed by atoms with Gasteiger partial charge in [-0.3, -0.25) is 0 Å². The fourth-order valence-electron chi connectivity index (χ4n) is 3.18. The predicted molar refractivity (Wildman–Crippen MR) is 105 cm³/mol. The minimum absolute atomic E-state index is 0.111. The van der Waals surface area contributed by atoms with Crippen LogP contribution in [0.1, 0.15) is 16.8 Å². The van der Waals surface area contributed by atoms with Crippen LogP contribution in [0.5, 0.6) is 0 Å². The number of hydrogen-bond acceptors (Lipinski definition) is 1. The van der Waals surface area contributed by atoms with Gasteiger partial charge >= 0.3 is 6.18 Å². The maximum atomic E-state index is 13.9. The van der Waals surface area contributed by atoms with Gasteiger partial charge in [0.25, 0.3) is 0 Å². The molecule has 0 unspecified atom stereocenters. The van der Waals surface area contributed by atoms with Crippen LogP contribution in [0.25, 0.3) is 22.0 Å². The average molecular weight is 409 g/mol. The summed E-state index contributed by atoms with van der Waals surface area (Å²) in [7, 11) is 0. The molecule has 0 atom stereocenters. The zero-order valence-corrected chi connectivity index (χ0v) is 15.3. The number of halogens is 5. The molecule has 0 spiro atoms. The topological polar surface area (TPSA) is 12.9 Å². The predicted octanol–water partition coefficient (Wildman–Crippen LogP) is 6.60. The summed E-state index contributed by atoms with van der Waals surface area (Å²) >= 11 is 0. The normalized spacial score (nSPS) is 11.2. The molecule has 1 heterocycles. The van der Waals surface area contributed by atoms with Gasteiger partial charge < -0.3 is 0 Å². The molecule has 30 heavy (non-hydrogen) atoms. The van der Waals surface area contributed by atoms with Crippen LogP contribution in [0.15, 0.2) is 72.8 Å². The standard InChI is InChI=1S/C24H12F5N/c25-17-7-3-5-15(13-17)11-12-20-22(16-6-4-8-18(26)14-16)19-9-1-2-10-21(19)30-23(20)24(27,28)29/h1-10,13-14H. The Kier molecular flexibility index (Phi) is 4.96. The van der Waals surface area contributed by atoms with E-state index in [1.54, 1.807) is 18.2 Å². The highest BCUT2D eigenvalue weighted by Crippen LogP contribution is 2.39. The Balaban J connectivity index is 2.09. The second-order valence-electron chi connectivity index (χ2n) is 6.50. The Morgan fingerprint density at radius 2 is 1.43 bits per heavy atom. The minimum Gasteiger partial charge on any atom is -0.242 e. The van der Waals surface area contributed by atoms with Crippen LogP contribution in [-0.2, 0) is 6.18 Å². The Labute approximate surface area is 168 Å². The number of nitrogens with zero attached hydrogens (tertiary/aromatic N) is 1. The summed E-state index contributed by atoms with van der Waals surface area (Å²) in [6.07, 6.45) is -4.79. The van der Waals surface area contributed by atoms with Crippen molar-refractivity contribution in [2.75, 3.05) is 0 Å². The molecule has 0 fully saturated rings. The number of hydrogen-bond donors (Lipinski definition) is 0. The van der Waals surface area contributed by atoms with Gasteiger partial charge in [-0.05, 0) is 42.0 Å². The molecule has 0 saturated heterocycles. The van der Waals surface area contributed by atoms with Gasteiger partial charge in [0.15, 0.2) is 5.69 Å². The van der Waals surface area contributed by atoms with Crippen molar-refractivity contribution in [1.82, 2.24) is 4.98 Å². The molecule has 4 rings (SSSR count).